The summed E-state index contributed by atoms with van der Waals surface area (Å²) in [6.07, 6.45) is -6.70. The first-order chi connectivity index (χ1) is 11.9. The Labute approximate surface area is 151 Å². The van der Waals surface area contributed by atoms with Crippen LogP contribution >= 0.6 is 11.6 Å². The maximum Gasteiger partial charge on any atom is 0.417 e. The molecule has 2 rings (SSSR count). The number of carbonyl (C=O) groups is 1. The lowest BCUT2D eigenvalue weighted by Crippen LogP contribution is -2.47. The summed E-state index contributed by atoms with van der Waals surface area (Å²) in [7, 11) is 2.26. The molecule has 0 amide bonds. The zero-order valence-corrected chi connectivity index (χ0v) is 15.0. The number of carboxylic acid groups (broad SMARTS) is 1. The number of ether oxygens (including phenoxy) is 3. The van der Waals surface area contributed by atoms with E-state index in [2.05, 4.69) is 0 Å². The average Bonchev–Trinajstić information content (AvgIpc) is 2.80. The molecule has 0 aliphatic carbocycles. The molecule has 0 radical (unpaired) electrons. The Morgan fingerprint density at radius 1 is 1.31 bits per heavy atom. The van der Waals surface area contributed by atoms with E-state index in [1.807, 2.05) is 0 Å². The van der Waals surface area contributed by atoms with Crippen molar-refractivity contribution in [3.05, 3.63) is 22.5 Å². The molecule has 4 unspecified atom stereocenters. The van der Waals surface area contributed by atoms with Crippen molar-refractivity contribution in [2.45, 2.75) is 37.6 Å². The van der Waals surface area contributed by atoms with Gasteiger partial charge in [0.15, 0.2) is 23.2 Å². The van der Waals surface area contributed by atoms with Crippen molar-refractivity contribution in [1.82, 2.24) is 0 Å². The largest absolute Gasteiger partial charge is 0.493 e. The zero-order valence-electron chi connectivity index (χ0n) is 14.3. The third-order valence-corrected chi connectivity index (χ3v) is 5.12. The number of benzene rings is 1. The molecule has 1 aromatic carbocycles. The van der Waals surface area contributed by atoms with Crippen molar-refractivity contribution in [3.8, 4) is 11.5 Å². The van der Waals surface area contributed by atoms with Crippen molar-refractivity contribution >= 4 is 17.6 Å². The number of methoxy groups -OCH3 is 2. The number of alkyl halides is 3. The second-order valence-electron chi connectivity index (χ2n) is 6.12. The fraction of sp³-hybridized carbons (Fsp3) is 0.562. The van der Waals surface area contributed by atoms with Gasteiger partial charge in [0.1, 0.15) is 0 Å². The van der Waals surface area contributed by atoms with E-state index in [0.717, 1.165) is 27.2 Å². The van der Waals surface area contributed by atoms with Crippen LogP contribution in [0.3, 0.4) is 0 Å². The van der Waals surface area contributed by atoms with Crippen molar-refractivity contribution < 1.29 is 41.7 Å². The summed E-state index contributed by atoms with van der Waals surface area (Å²) in [6, 6.07) is 1.14. The lowest BCUT2D eigenvalue weighted by Gasteiger charge is -2.32. The van der Waals surface area contributed by atoms with Crippen LogP contribution < -0.4 is 9.47 Å². The maximum absolute atomic E-state index is 14.6. The van der Waals surface area contributed by atoms with Gasteiger partial charge >= 0.3 is 12.1 Å². The summed E-state index contributed by atoms with van der Waals surface area (Å²) in [4.78, 5) is 11.6. The van der Waals surface area contributed by atoms with Gasteiger partial charge in [0.2, 0.25) is 5.82 Å². The van der Waals surface area contributed by atoms with Crippen LogP contribution in [-0.4, -0.2) is 43.2 Å². The fourth-order valence-corrected chi connectivity index (χ4v) is 3.53. The SMILES string of the molecule is COc1c(Cl)cc(C2C(C(=O)O)OC(C)(C(F)(F)F)C2C)c(OC)c1F. The molecule has 1 aliphatic rings. The molecule has 4 atom stereocenters. The Balaban J connectivity index is 2.71. The van der Waals surface area contributed by atoms with Crippen LogP contribution in [0.25, 0.3) is 0 Å². The molecule has 26 heavy (non-hydrogen) atoms. The van der Waals surface area contributed by atoms with Crippen LogP contribution in [0.2, 0.25) is 5.02 Å². The standard InChI is InChI=1S/C16H17ClF4O5/c1-6-9(13(14(22)23)26-15(6,2)16(19,20)21)7-5-8(17)12(25-4)10(18)11(7)24-3/h5-6,9,13H,1-4H3,(H,22,23). The topological polar surface area (TPSA) is 65.0 Å². The maximum atomic E-state index is 14.6. The molecule has 1 aromatic rings. The summed E-state index contributed by atoms with van der Waals surface area (Å²) < 4.78 is 69.8. The molecule has 0 spiro atoms. The van der Waals surface area contributed by atoms with Gasteiger partial charge in [-0.3, -0.25) is 0 Å². The Kier molecular flexibility index (Phi) is 5.36. The van der Waals surface area contributed by atoms with E-state index in [-0.39, 0.29) is 16.3 Å². The molecule has 1 fully saturated rings. The molecule has 0 saturated carbocycles. The number of rotatable bonds is 4. The molecule has 0 bridgehead atoms. The number of carboxylic acids is 1. The van der Waals surface area contributed by atoms with Gasteiger partial charge in [0, 0.05) is 17.4 Å². The van der Waals surface area contributed by atoms with Gasteiger partial charge in [-0.2, -0.15) is 17.6 Å². The number of hydrogen-bond donors (Lipinski definition) is 1. The van der Waals surface area contributed by atoms with Gasteiger partial charge in [0.25, 0.3) is 0 Å². The van der Waals surface area contributed by atoms with E-state index in [1.54, 1.807) is 0 Å². The smallest absolute Gasteiger partial charge is 0.417 e. The van der Waals surface area contributed by atoms with Crippen LogP contribution in [-0.2, 0) is 9.53 Å². The Hall–Kier alpha value is -1.74. The van der Waals surface area contributed by atoms with E-state index >= 15 is 0 Å². The van der Waals surface area contributed by atoms with Gasteiger partial charge in [-0.25, -0.2) is 4.79 Å². The summed E-state index contributed by atoms with van der Waals surface area (Å²) in [6.45, 7) is 1.96. The highest BCUT2D eigenvalue weighted by molar-refractivity contribution is 6.32. The highest BCUT2D eigenvalue weighted by atomic mass is 35.5. The van der Waals surface area contributed by atoms with E-state index < -0.39 is 47.3 Å². The highest BCUT2D eigenvalue weighted by Crippen LogP contribution is 2.55. The lowest BCUT2D eigenvalue weighted by molar-refractivity contribution is -0.273. The normalized spacial score (nSPS) is 28.9. The minimum absolute atomic E-state index is 0.135. The molecular weight excluding hydrogens is 384 g/mol. The summed E-state index contributed by atoms with van der Waals surface area (Å²) in [5.41, 5.74) is -2.88. The summed E-state index contributed by atoms with van der Waals surface area (Å²) in [5.74, 6) is -6.15. The first-order valence-corrected chi connectivity index (χ1v) is 7.85. The van der Waals surface area contributed by atoms with Crippen LogP contribution in [0.4, 0.5) is 17.6 Å². The minimum atomic E-state index is -4.84. The fourth-order valence-electron chi connectivity index (χ4n) is 3.26. The zero-order chi connectivity index (χ0) is 20.0. The van der Waals surface area contributed by atoms with E-state index in [0.29, 0.717) is 0 Å². The van der Waals surface area contributed by atoms with Gasteiger partial charge in [0.05, 0.1) is 19.2 Å². The third kappa shape index (κ3) is 2.96. The van der Waals surface area contributed by atoms with Crippen molar-refractivity contribution in [2.75, 3.05) is 14.2 Å². The first kappa shape index (κ1) is 20.6. The van der Waals surface area contributed by atoms with Gasteiger partial charge in [-0.15, -0.1) is 0 Å². The first-order valence-electron chi connectivity index (χ1n) is 7.47. The van der Waals surface area contributed by atoms with Crippen LogP contribution in [0.15, 0.2) is 6.07 Å². The minimum Gasteiger partial charge on any atom is -0.493 e. The summed E-state index contributed by atoms with van der Waals surface area (Å²) >= 11 is 5.95. The Bertz CT molecular complexity index is 724. The number of hydrogen-bond acceptors (Lipinski definition) is 4. The molecule has 146 valence electrons. The predicted molar refractivity (Wildman–Crippen MR) is 83.4 cm³/mol. The molecular formula is C16H17ClF4O5. The monoisotopic (exact) mass is 400 g/mol. The Morgan fingerprint density at radius 3 is 2.27 bits per heavy atom. The lowest BCUT2D eigenvalue weighted by atomic mass is 9.77. The second kappa shape index (κ2) is 6.77. The van der Waals surface area contributed by atoms with Gasteiger partial charge in [-0.1, -0.05) is 18.5 Å². The molecule has 0 aromatic heterocycles. The summed E-state index contributed by atoms with van der Waals surface area (Å²) in [5, 5.41) is 9.15. The van der Waals surface area contributed by atoms with Crippen LogP contribution in [0.5, 0.6) is 11.5 Å². The van der Waals surface area contributed by atoms with Crippen molar-refractivity contribution in [3.63, 3.8) is 0 Å². The predicted octanol–water partition coefficient (Wildman–Crippen LogP) is 4.02. The quantitative estimate of drug-likeness (QED) is 0.773. The molecule has 1 saturated heterocycles. The molecule has 1 aliphatic heterocycles. The van der Waals surface area contributed by atoms with Crippen molar-refractivity contribution in [2.24, 2.45) is 5.92 Å². The second-order valence-corrected chi connectivity index (χ2v) is 6.53. The van der Waals surface area contributed by atoms with Crippen molar-refractivity contribution in [1.29, 1.82) is 0 Å². The molecule has 10 heteroatoms. The van der Waals surface area contributed by atoms with Crippen LogP contribution in [0.1, 0.15) is 25.3 Å². The Morgan fingerprint density at radius 2 is 1.85 bits per heavy atom. The van der Waals surface area contributed by atoms with Gasteiger partial charge in [-0.05, 0) is 13.0 Å². The molecule has 1 N–H and O–H groups in total. The number of aliphatic carboxylic acids is 1. The van der Waals surface area contributed by atoms with Gasteiger partial charge < -0.3 is 19.3 Å². The van der Waals surface area contributed by atoms with E-state index in [4.69, 9.17) is 25.8 Å². The average molecular weight is 401 g/mol. The number of halogens is 5. The van der Waals surface area contributed by atoms with E-state index in [1.165, 1.54) is 6.92 Å². The molecule has 5 nitrogen and oxygen atoms in total. The van der Waals surface area contributed by atoms with Crippen LogP contribution in [0, 0.1) is 11.7 Å². The highest BCUT2D eigenvalue weighted by Gasteiger charge is 2.66. The molecule has 1 heterocycles. The third-order valence-electron chi connectivity index (χ3n) is 4.84. The van der Waals surface area contributed by atoms with E-state index in [9.17, 15) is 27.5 Å².